The summed E-state index contributed by atoms with van der Waals surface area (Å²) in [6.07, 6.45) is 83.2. The van der Waals surface area contributed by atoms with Gasteiger partial charge in [-0.25, -0.2) is 0 Å². The molecule has 0 saturated heterocycles. The average Bonchev–Trinajstić information content (AvgIpc) is 3.41. The van der Waals surface area contributed by atoms with Crippen molar-refractivity contribution in [3.05, 3.63) is 85.1 Å². The van der Waals surface area contributed by atoms with Crippen molar-refractivity contribution in [1.82, 2.24) is 0 Å². The van der Waals surface area contributed by atoms with Gasteiger partial charge in [0.1, 0.15) is 13.2 Å². The van der Waals surface area contributed by atoms with E-state index in [0.29, 0.717) is 19.3 Å². The fraction of sp³-hybridized carbons (Fsp3) is 0.754. The molecule has 432 valence electrons. The Bertz CT molecular complexity index is 1430. The Balaban J connectivity index is 4.21. The number of hydrogen-bond donors (Lipinski definition) is 0. The molecule has 1 atom stereocenters. The fourth-order valence-corrected chi connectivity index (χ4v) is 9.16. The summed E-state index contributed by atoms with van der Waals surface area (Å²) < 4.78 is 16.9. The average molecular weight is 1050 g/mol. The van der Waals surface area contributed by atoms with Crippen LogP contribution in [0.4, 0.5) is 0 Å². The molecule has 6 nitrogen and oxygen atoms in total. The molecule has 0 aliphatic carbocycles. The first kappa shape index (κ1) is 71.6. The Kier molecular flexibility index (Phi) is 60.3. The van der Waals surface area contributed by atoms with Gasteiger partial charge in [0.15, 0.2) is 6.10 Å². The van der Waals surface area contributed by atoms with Crippen molar-refractivity contribution in [2.24, 2.45) is 0 Å². The van der Waals surface area contributed by atoms with E-state index in [9.17, 15) is 14.4 Å². The summed E-state index contributed by atoms with van der Waals surface area (Å²) in [4.78, 5) is 38.2. The van der Waals surface area contributed by atoms with Gasteiger partial charge in [0, 0.05) is 19.3 Å². The third-order valence-corrected chi connectivity index (χ3v) is 13.9. The Labute approximate surface area is 465 Å². The summed E-state index contributed by atoms with van der Waals surface area (Å²) in [5, 5.41) is 0. The highest BCUT2D eigenvalue weighted by Gasteiger charge is 2.19. The molecule has 1 unspecified atom stereocenters. The van der Waals surface area contributed by atoms with E-state index in [0.717, 1.165) is 109 Å². The lowest BCUT2D eigenvalue weighted by atomic mass is 10.0. The highest BCUT2D eigenvalue weighted by atomic mass is 16.6. The minimum atomic E-state index is -0.786. The molecular formula is C69H120O6. The van der Waals surface area contributed by atoms with Gasteiger partial charge in [0.25, 0.3) is 0 Å². The summed E-state index contributed by atoms with van der Waals surface area (Å²) in [5.74, 6) is -0.898. The van der Waals surface area contributed by atoms with Crippen LogP contribution in [0.25, 0.3) is 0 Å². The molecule has 0 aromatic heterocycles. The van der Waals surface area contributed by atoms with E-state index in [4.69, 9.17) is 14.2 Å². The zero-order valence-corrected chi connectivity index (χ0v) is 49.6. The molecule has 0 spiro atoms. The molecule has 0 aliphatic rings. The molecule has 0 N–H and O–H groups in total. The van der Waals surface area contributed by atoms with Crippen molar-refractivity contribution >= 4 is 17.9 Å². The predicted octanol–water partition coefficient (Wildman–Crippen LogP) is 21.9. The standard InChI is InChI=1S/C69H120O6/c1-4-7-10-13-16-19-22-25-27-28-29-30-31-32-33-34-35-36-37-38-39-40-42-44-47-50-53-56-59-62-68(71)74-65-66(64-73-67(70)61-58-55-52-49-46-43-24-21-18-15-12-9-6-3)75-69(72)63-60-57-54-51-48-45-41-26-23-20-17-14-11-8-5-2/h7,9-10,12,16,18-19,21,25,27,29-30,43,46,66H,4-6,8,11,13-15,17,20,22-24,26,28,31-42,44-45,47-65H2,1-3H3/b10-7-,12-9-,19-16-,21-18-,27-25-,30-29-,46-43-. The minimum absolute atomic E-state index is 0.0819. The molecule has 0 amide bonds. The number of carbonyl (C=O) groups excluding carboxylic acids is 3. The van der Waals surface area contributed by atoms with Crippen LogP contribution in [0.1, 0.15) is 316 Å². The quantitative estimate of drug-likeness (QED) is 0.0261. The third-order valence-electron chi connectivity index (χ3n) is 13.9. The zero-order chi connectivity index (χ0) is 54.3. The number of esters is 3. The third kappa shape index (κ3) is 61.3. The normalized spacial score (nSPS) is 12.6. The van der Waals surface area contributed by atoms with Gasteiger partial charge in [0.05, 0.1) is 0 Å². The fourth-order valence-electron chi connectivity index (χ4n) is 9.16. The Morgan fingerprint density at radius 3 is 0.827 bits per heavy atom. The lowest BCUT2D eigenvalue weighted by Crippen LogP contribution is -2.30. The van der Waals surface area contributed by atoms with Crippen molar-refractivity contribution < 1.29 is 28.6 Å². The maximum atomic E-state index is 12.9. The number of ether oxygens (including phenoxy) is 3. The van der Waals surface area contributed by atoms with Gasteiger partial charge >= 0.3 is 17.9 Å². The van der Waals surface area contributed by atoms with Crippen molar-refractivity contribution in [2.75, 3.05) is 13.2 Å². The molecule has 0 rings (SSSR count). The van der Waals surface area contributed by atoms with Gasteiger partial charge in [0.2, 0.25) is 0 Å². The smallest absolute Gasteiger partial charge is 0.306 e. The lowest BCUT2D eigenvalue weighted by molar-refractivity contribution is -0.167. The molecule has 0 radical (unpaired) electrons. The minimum Gasteiger partial charge on any atom is -0.462 e. The Morgan fingerprint density at radius 1 is 0.280 bits per heavy atom. The van der Waals surface area contributed by atoms with Crippen molar-refractivity contribution in [3.63, 3.8) is 0 Å². The van der Waals surface area contributed by atoms with Crippen LogP contribution in [-0.2, 0) is 28.6 Å². The maximum absolute atomic E-state index is 12.9. The van der Waals surface area contributed by atoms with Crippen molar-refractivity contribution in [3.8, 4) is 0 Å². The molecule has 0 aromatic carbocycles. The monoisotopic (exact) mass is 1040 g/mol. The second-order valence-electron chi connectivity index (χ2n) is 21.3. The molecular weight excluding hydrogens is 925 g/mol. The van der Waals surface area contributed by atoms with E-state index in [1.165, 1.54) is 167 Å². The number of rotatable bonds is 58. The summed E-state index contributed by atoms with van der Waals surface area (Å²) >= 11 is 0. The summed E-state index contributed by atoms with van der Waals surface area (Å²) in [6.45, 7) is 6.42. The van der Waals surface area contributed by atoms with E-state index < -0.39 is 6.10 Å². The van der Waals surface area contributed by atoms with Crippen LogP contribution in [0, 0.1) is 0 Å². The number of allylic oxidation sites excluding steroid dienone is 14. The van der Waals surface area contributed by atoms with Crippen LogP contribution in [0.2, 0.25) is 0 Å². The number of hydrogen-bond acceptors (Lipinski definition) is 6. The number of unbranched alkanes of at least 4 members (excludes halogenated alkanes) is 33. The van der Waals surface area contributed by atoms with Crippen LogP contribution >= 0.6 is 0 Å². The van der Waals surface area contributed by atoms with Gasteiger partial charge in [-0.2, -0.15) is 0 Å². The predicted molar refractivity (Wildman–Crippen MR) is 325 cm³/mol. The van der Waals surface area contributed by atoms with Gasteiger partial charge < -0.3 is 14.2 Å². The highest BCUT2D eigenvalue weighted by molar-refractivity contribution is 5.71. The second kappa shape index (κ2) is 63.1. The van der Waals surface area contributed by atoms with E-state index >= 15 is 0 Å². The van der Waals surface area contributed by atoms with Crippen LogP contribution in [0.15, 0.2) is 85.1 Å². The molecule has 0 heterocycles. The summed E-state index contributed by atoms with van der Waals surface area (Å²) in [7, 11) is 0. The molecule has 75 heavy (non-hydrogen) atoms. The van der Waals surface area contributed by atoms with Gasteiger partial charge in [-0.15, -0.1) is 0 Å². The van der Waals surface area contributed by atoms with Crippen LogP contribution in [0.5, 0.6) is 0 Å². The molecule has 0 aliphatic heterocycles. The van der Waals surface area contributed by atoms with Crippen molar-refractivity contribution in [2.45, 2.75) is 322 Å². The number of carbonyl (C=O) groups is 3. The topological polar surface area (TPSA) is 78.9 Å². The molecule has 6 heteroatoms. The molecule has 0 saturated carbocycles. The molecule has 0 aromatic rings. The first-order chi connectivity index (χ1) is 37.0. The Hall–Kier alpha value is -3.41. The SMILES string of the molecule is CC/C=C\C/C=C\C/C=C\C/C=C\CCCCCCCCCCCCCCCCCCC(=O)OCC(COC(=O)CCCCC/C=C\C/C=C\C/C=C\CC)OC(=O)CCCCCCCCCCCCCCCCC. The second-order valence-corrected chi connectivity index (χ2v) is 21.3. The van der Waals surface area contributed by atoms with Crippen molar-refractivity contribution in [1.29, 1.82) is 0 Å². The van der Waals surface area contributed by atoms with Crippen LogP contribution in [0.3, 0.4) is 0 Å². The molecule has 0 bridgehead atoms. The first-order valence-electron chi connectivity index (χ1n) is 32.1. The van der Waals surface area contributed by atoms with Gasteiger partial charge in [-0.1, -0.05) is 292 Å². The summed E-state index contributed by atoms with van der Waals surface area (Å²) in [5.41, 5.74) is 0. The Morgan fingerprint density at radius 2 is 0.520 bits per heavy atom. The maximum Gasteiger partial charge on any atom is 0.306 e. The van der Waals surface area contributed by atoms with E-state index in [-0.39, 0.29) is 31.1 Å². The largest absolute Gasteiger partial charge is 0.462 e. The highest BCUT2D eigenvalue weighted by Crippen LogP contribution is 2.17. The van der Waals surface area contributed by atoms with Crippen LogP contribution < -0.4 is 0 Å². The molecule has 0 fully saturated rings. The van der Waals surface area contributed by atoms with Gasteiger partial charge in [-0.05, 0) is 89.9 Å². The lowest BCUT2D eigenvalue weighted by Gasteiger charge is -2.18. The van der Waals surface area contributed by atoms with E-state index in [1.807, 2.05) is 0 Å². The zero-order valence-electron chi connectivity index (χ0n) is 49.6. The van der Waals surface area contributed by atoms with Crippen LogP contribution in [-0.4, -0.2) is 37.2 Å². The first-order valence-corrected chi connectivity index (χ1v) is 32.1. The van der Waals surface area contributed by atoms with E-state index in [1.54, 1.807) is 0 Å². The van der Waals surface area contributed by atoms with Gasteiger partial charge in [-0.3, -0.25) is 14.4 Å². The summed E-state index contributed by atoms with van der Waals surface area (Å²) in [6, 6.07) is 0. The van der Waals surface area contributed by atoms with E-state index in [2.05, 4.69) is 106 Å².